The lowest BCUT2D eigenvalue weighted by Crippen LogP contribution is -2.19. The Labute approximate surface area is 95.5 Å². The van der Waals surface area contributed by atoms with Gasteiger partial charge in [-0.05, 0) is 6.07 Å². The van der Waals surface area contributed by atoms with Crippen molar-refractivity contribution >= 4 is 28.0 Å². The normalized spacial score (nSPS) is 10.8. The van der Waals surface area contributed by atoms with Crippen LogP contribution >= 0.6 is 0 Å². The molecule has 0 saturated heterocycles. The molecule has 2 heterocycles. The van der Waals surface area contributed by atoms with Gasteiger partial charge in [-0.1, -0.05) is 18.2 Å². The second-order valence-corrected chi connectivity index (χ2v) is 3.54. The molecule has 1 aromatic carbocycles. The number of benzene rings is 1. The van der Waals surface area contributed by atoms with Crippen molar-refractivity contribution in [3.05, 3.63) is 36.8 Å². The van der Waals surface area contributed by atoms with Crippen molar-refractivity contribution in [1.29, 1.82) is 0 Å². The van der Waals surface area contributed by atoms with Crippen molar-refractivity contribution in [2.75, 3.05) is 5.43 Å². The first kappa shape index (κ1) is 9.59. The number of hydrogen-bond acceptors (Lipinski definition) is 3. The van der Waals surface area contributed by atoms with E-state index in [1.807, 2.05) is 24.3 Å². The van der Waals surface area contributed by atoms with E-state index < -0.39 is 6.09 Å². The summed E-state index contributed by atoms with van der Waals surface area (Å²) in [6, 6.07) is 7.51. The summed E-state index contributed by atoms with van der Waals surface area (Å²) in [5.74, 6) is 0. The molecule has 0 bridgehead atoms. The molecule has 0 fully saturated rings. The van der Waals surface area contributed by atoms with Crippen LogP contribution < -0.4 is 5.43 Å². The first-order valence-corrected chi connectivity index (χ1v) is 4.96. The van der Waals surface area contributed by atoms with Crippen molar-refractivity contribution in [1.82, 2.24) is 14.6 Å². The van der Waals surface area contributed by atoms with Crippen LogP contribution in [0.1, 0.15) is 0 Å². The van der Waals surface area contributed by atoms with Crippen LogP contribution in [0.15, 0.2) is 36.8 Å². The number of rotatable bonds is 1. The minimum atomic E-state index is -1.13. The molecular weight excluding hydrogens is 220 g/mol. The van der Waals surface area contributed by atoms with E-state index in [1.54, 1.807) is 6.20 Å². The number of hydrogen-bond donors (Lipinski definition) is 2. The van der Waals surface area contributed by atoms with Crippen LogP contribution in [0, 0.1) is 0 Å². The third kappa shape index (κ3) is 1.46. The highest BCUT2D eigenvalue weighted by Crippen LogP contribution is 2.21. The highest BCUT2D eigenvalue weighted by molar-refractivity contribution is 6.02. The lowest BCUT2D eigenvalue weighted by atomic mass is 10.2. The van der Waals surface area contributed by atoms with Crippen LogP contribution in [0.5, 0.6) is 0 Å². The van der Waals surface area contributed by atoms with Crippen molar-refractivity contribution in [2.24, 2.45) is 0 Å². The van der Waals surface area contributed by atoms with Crippen LogP contribution in [0.25, 0.3) is 21.9 Å². The van der Waals surface area contributed by atoms with Gasteiger partial charge in [0.2, 0.25) is 0 Å². The Morgan fingerprint density at radius 2 is 2.06 bits per heavy atom. The van der Waals surface area contributed by atoms with Crippen molar-refractivity contribution in [3.8, 4) is 0 Å². The maximum atomic E-state index is 10.7. The topological polar surface area (TPSA) is 80.0 Å². The lowest BCUT2D eigenvalue weighted by Gasteiger charge is -2.04. The fraction of sp³-hybridized carbons (Fsp3) is 0. The van der Waals surface area contributed by atoms with Crippen LogP contribution in [0.4, 0.5) is 4.79 Å². The zero-order valence-electron chi connectivity index (χ0n) is 8.66. The molecule has 0 unspecified atom stereocenters. The third-order valence-electron chi connectivity index (χ3n) is 2.50. The van der Waals surface area contributed by atoms with E-state index >= 15 is 0 Å². The fourth-order valence-electron chi connectivity index (χ4n) is 1.83. The summed E-state index contributed by atoms with van der Waals surface area (Å²) in [5.41, 5.74) is 4.42. The summed E-state index contributed by atoms with van der Waals surface area (Å²) >= 11 is 0. The summed E-state index contributed by atoms with van der Waals surface area (Å²) in [6.07, 6.45) is 1.91. The summed E-state index contributed by atoms with van der Waals surface area (Å²) in [7, 11) is 0. The Hall–Kier alpha value is -2.63. The number of pyridine rings is 1. The molecule has 3 rings (SSSR count). The molecule has 0 radical (unpaired) electrons. The van der Waals surface area contributed by atoms with Gasteiger partial charge in [-0.2, -0.15) is 0 Å². The van der Waals surface area contributed by atoms with Crippen LogP contribution in [0.2, 0.25) is 0 Å². The van der Waals surface area contributed by atoms with Gasteiger partial charge < -0.3 is 5.11 Å². The quantitative estimate of drug-likeness (QED) is 0.665. The highest BCUT2D eigenvalue weighted by atomic mass is 16.4. The largest absolute Gasteiger partial charge is 0.464 e. The molecule has 6 heteroatoms. The maximum absolute atomic E-state index is 10.7. The molecule has 0 saturated carbocycles. The number of carboxylic acid groups (broad SMARTS) is 1. The molecule has 6 nitrogen and oxygen atoms in total. The average Bonchev–Trinajstić information content (AvgIpc) is 2.72. The Morgan fingerprint density at radius 1 is 1.24 bits per heavy atom. The van der Waals surface area contributed by atoms with Crippen molar-refractivity contribution in [3.63, 3.8) is 0 Å². The lowest BCUT2D eigenvalue weighted by molar-refractivity contribution is 0.206. The molecule has 17 heavy (non-hydrogen) atoms. The Kier molecular flexibility index (Phi) is 1.94. The Bertz CT molecular complexity index is 720. The van der Waals surface area contributed by atoms with E-state index in [9.17, 15) is 4.79 Å². The smallest absolute Gasteiger partial charge is 0.424 e. The number of fused-ring (bicyclic) bond motifs is 3. The summed E-state index contributed by atoms with van der Waals surface area (Å²) in [6.45, 7) is 0. The predicted octanol–water partition coefficient (Wildman–Crippen LogP) is 1.81. The second kappa shape index (κ2) is 3.44. The van der Waals surface area contributed by atoms with Gasteiger partial charge in [0.1, 0.15) is 17.4 Å². The monoisotopic (exact) mass is 228 g/mol. The molecule has 2 N–H and O–H groups in total. The van der Waals surface area contributed by atoms with Gasteiger partial charge in [0.15, 0.2) is 0 Å². The third-order valence-corrected chi connectivity index (χ3v) is 2.50. The van der Waals surface area contributed by atoms with E-state index in [4.69, 9.17) is 5.11 Å². The van der Waals surface area contributed by atoms with E-state index in [0.717, 1.165) is 10.9 Å². The Morgan fingerprint density at radius 3 is 2.88 bits per heavy atom. The summed E-state index contributed by atoms with van der Waals surface area (Å²) < 4.78 is 1.38. The molecule has 2 aromatic heterocycles. The summed E-state index contributed by atoms with van der Waals surface area (Å²) in [4.78, 5) is 19.0. The maximum Gasteiger partial charge on any atom is 0.424 e. The van der Waals surface area contributed by atoms with Crippen molar-refractivity contribution in [2.45, 2.75) is 0 Å². The van der Waals surface area contributed by atoms with E-state index in [1.165, 1.54) is 11.0 Å². The SMILES string of the molecule is O=C(O)Nn1cnc2cnc3ccccc3c21. The molecule has 0 aliphatic rings. The van der Waals surface area contributed by atoms with Gasteiger partial charge in [-0.3, -0.25) is 4.98 Å². The van der Waals surface area contributed by atoms with Gasteiger partial charge in [-0.15, -0.1) is 0 Å². The molecule has 1 amide bonds. The zero-order valence-corrected chi connectivity index (χ0v) is 8.66. The number of imidazole rings is 1. The number of carbonyl (C=O) groups is 1. The van der Waals surface area contributed by atoms with E-state index in [2.05, 4.69) is 15.4 Å². The molecule has 0 aliphatic carbocycles. The van der Waals surface area contributed by atoms with Crippen molar-refractivity contribution < 1.29 is 9.90 Å². The number of nitrogens with one attached hydrogen (secondary N) is 1. The average molecular weight is 228 g/mol. The molecular formula is C11H8N4O2. The molecule has 0 spiro atoms. The second-order valence-electron chi connectivity index (χ2n) is 3.54. The minimum Gasteiger partial charge on any atom is -0.464 e. The number of para-hydroxylation sites is 1. The number of aromatic nitrogens is 3. The zero-order chi connectivity index (χ0) is 11.8. The minimum absolute atomic E-state index is 0.650. The van der Waals surface area contributed by atoms with Crippen LogP contribution in [-0.2, 0) is 0 Å². The Balaban J connectivity index is 2.38. The molecule has 3 aromatic rings. The van der Waals surface area contributed by atoms with E-state index in [0.29, 0.717) is 11.0 Å². The van der Waals surface area contributed by atoms with Gasteiger partial charge in [-0.25, -0.2) is 19.9 Å². The van der Waals surface area contributed by atoms with Gasteiger partial charge in [0.05, 0.1) is 11.7 Å². The first-order chi connectivity index (χ1) is 8.25. The fourth-order valence-corrected chi connectivity index (χ4v) is 1.83. The van der Waals surface area contributed by atoms with Crippen LogP contribution in [0.3, 0.4) is 0 Å². The molecule has 84 valence electrons. The predicted molar refractivity (Wildman–Crippen MR) is 62.4 cm³/mol. The highest BCUT2D eigenvalue weighted by Gasteiger charge is 2.09. The number of amides is 1. The molecule has 0 atom stereocenters. The summed E-state index contributed by atoms with van der Waals surface area (Å²) in [5, 5.41) is 9.60. The number of nitrogens with zero attached hydrogens (tertiary/aromatic N) is 3. The van der Waals surface area contributed by atoms with Gasteiger partial charge in [0.25, 0.3) is 0 Å². The van der Waals surface area contributed by atoms with Crippen LogP contribution in [-0.4, -0.2) is 25.8 Å². The first-order valence-electron chi connectivity index (χ1n) is 4.96. The van der Waals surface area contributed by atoms with Gasteiger partial charge in [0, 0.05) is 5.39 Å². The molecule has 0 aliphatic heterocycles. The van der Waals surface area contributed by atoms with E-state index in [-0.39, 0.29) is 0 Å². The van der Waals surface area contributed by atoms with Gasteiger partial charge >= 0.3 is 6.09 Å². The standard InChI is InChI=1S/C11H8N4O2/c16-11(17)14-15-6-13-9-5-12-8-4-2-1-3-7(8)10(9)15/h1-6,14H,(H,16,17).